The number of halogens is 1. The van der Waals surface area contributed by atoms with Gasteiger partial charge in [-0.2, -0.15) is 0 Å². The van der Waals surface area contributed by atoms with Crippen molar-refractivity contribution >= 4 is 17.6 Å². The van der Waals surface area contributed by atoms with Gasteiger partial charge in [0.2, 0.25) is 5.89 Å². The highest BCUT2D eigenvalue weighted by Crippen LogP contribution is 2.24. The monoisotopic (exact) mass is 251 g/mol. The van der Waals surface area contributed by atoms with Crippen molar-refractivity contribution in [1.82, 2.24) is 4.98 Å². The van der Waals surface area contributed by atoms with Crippen molar-refractivity contribution in [3.63, 3.8) is 0 Å². The predicted molar refractivity (Wildman–Crippen MR) is 63.0 cm³/mol. The quantitative estimate of drug-likeness (QED) is 0.911. The van der Waals surface area contributed by atoms with Crippen molar-refractivity contribution in [2.75, 3.05) is 0 Å². The molecule has 4 nitrogen and oxygen atoms in total. The number of aryl methyl sites for hydroxylation is 1. The average molecular weight is 252 g/mol. The Morgan fingerprint density at radius 1 is 1.53 bits per heavy atom. The van der Waals surface area contributed by atoms with E-state index < -0.39 is 5.97 Å². The fourth-order valence-corrected chi connectivity index (χ4v) is 1.67. The fraction of sp³-hybridized carbons (Fsp3) is 0.167. The van der Waals surface area contributed by atoms with E-state index in [1.54, 1.807) is 25.1 Å². The van der Waals surface area contributed by atoms with Gasteiger partial charge in [0.05, 0.1) is 12.1 Å². The van der Waals surface area contributed by atoms with Gasteiger partial charge in [-0.15, -0.1) is 0 Å². The number of rotatable bonds is 3. The Bertz CT molecular complexity index is 563. The second-order valence-corrected chi connectivity index (χ2v) is 4.04. The lowest BCUT2D eigenvalue weighted by atomic mass is 10.2. The zero-order valence-electron chi connectivity index (χ0n) is 9.11. The summed E-state index contributed by atoms with van der Waals surface area (Å²) < 4.78 is 5.42. The molecule has 1 aromatic carbocycles. The minimum absolute atomic E-state index is 0.143. The number of aliphatic carboxylic acids is 1. The first kappa shape index (κ1) is 11.7. The van der Waals surface area contributed by atoms with Crippen molar-refractivity contribution in [3.8, 4) is 11.5 Å². The van der Waals surface area contributed by atoms with Crippen molar-refractivity contribution in [2.24, 2.45) is 0 Å². The maximum absolute atomic E-state index is 10.6. The van der Waals surface area contributed by atoms with E-state index in [4.69, 9.17) is 21.1 Å². The minimum atomic E-state index is -0.931. The summed E-state index contributed by atoms with van der Waals surface area (Å²) >= 11 is 5.86. The number of carbonyl (C=O) groups is 1. The molecule has 0 amide bonds. The van der Waals surface area contributed by atoms with Gasteiger partial charge >= 0.3 is 5.97 Å². The first-order valence-electron chi connectivity index (χ1n) is 5.00. The summed E-state index contributed by atoms with van der Waals surface area (Å²) in [6, 6.07) is 7.06. The van der Waals surface area contributed by atoms with Gasteiger partial charge in [-0.1, -0.05) is 17.7 Å². The molecule has 0 fully saturated rings. The molecule has 88 valence electrons. The summed E-state index contributed by atoms with van der Waals surface area (Å²) in [5.74, 6) is -0.0253. The van der Waals surface area contributed by atoms with E-state index in [9.17, 15) is 4.79 Å². The maximum Gasteiger partial charge on any atom is 0.309 e. The zero-order valence-corrected chi connectivity index (χ0v) is 9.86. The van der Waals surface area contributed by atoms with E-state index >= 15 is 0 Å². The van der Waals surface area contributed by atoms with Gasteiger partial charge in [0.25, 0.3) is 0 Å². The number of hydrogen-bond donors (Lipinski definition) is 1. The SMILES string of the molecule is Cc1oc(-c2cccc(Cl)c2)nc1CC(=O)O. The van der Waals surface area contributed by atoms with E-state index in [2.05, 4.69) is 4.98 Å². The average Bonchev–Trinajstić information content (AvgIpc) is 2.59. The molecule has 0 saturated carbocycles. The van der Waals surface area contributed by atoms with Gasteiger partial charge in [-0.25, -0.2) is 4.98 Å². The van der Waals surface area contributed by atoms with Gasteiger partial charge in [0, 0.05) is 10.6 Å². The van der Waals surface area contributed by atoms with Crippen LogP contribution in [0.2, 0.25) is 5.02 Å². The molecule has 1 N–H and O–H groups in total. The molecule has 1 heterocycles. The Kier molecular flexibility index (Phi) is 3.15. The van der Waals surface area contributed by atoms with Crippen LogP contribution in [0.5, 0.6) is 0 Å². The third-order valence-electron chi connectivity index (χ3n) is 2.28. The summed E-state index contributed by atoms with van der Waals surface area (Å²) in [5.41, 5.74) is 1.17. The Morgan fingerprint density at radius 3 is 2.94 bits per heavy atom. The Balaban J connectivity index is 2.37. The molecule has 0 aliphatic rings. The van der Waals surface area contributed by atoms with Crippen LogP contribution in [-0.4, -0.2) is 16.1 Å². The molecule has 1 aromatic heterocycles. The molecule has 5 heteroatoms. The number of hydrogen-bond acceptors (Lipinski definition) is 3. The van der Waals surface area contributed by atoms with Crippen molar-refractivity contribution < 1.29 is 14.3 Å². The normalized spacial score (nSPS) is 10.5. The number of carboxylic acids is 1. The maximum atomic E-state index is 10.6. The summed E-state index contributed by atoms with van der Waals surface area (Å²) in [6.45, 7) is 1.69. The van der Waals surface area contributed by atoms with Gasteiger partial charge < -0.3 is 9.52 Å². The van der Waals surface area contributed by atoms with Crippen molar-refractivity contribution in [1.29, 1.82) is 0 Å². The lowest BCUT2D eigenvalue weighted by molar-refractivity contribution is -0.136. The minimum Gasteiger partial charge on any atom is -0.481 e. The molecular formula is C12H10ClNO3. The highest BCUT2D eigenvalue weighted by atomic mass is 35.5. The summed E-state index contributed by atoms with van der Waals surface area (Å²) in [6.07, 6.45) is -0.143. The van der Waals surface area contributed by atoms with Crippen LogP contribution in [0, 0.1) is 6.92 Å². The van der Waals surface area contributed by atoms with Crippen LogP contribution in [0.3, 0.4) is 0 Å². The number of carboxylic acid groups (broad SMARTS) is 1. The first-order chi connectivity index (χ1) is 8.06. The van der Waals surface area contributed by atoms with Crippen LogP contribution in [0.25, 0.3) is 11.5 Å². The number of benzene rings is 1. The van der Waals surface area contributed by atoms with Crippen LogP contribution >= 0.6 is 11.6 Å². The third kappa shape index (κ3) is 2.65. The summed E-state index contributed by atoms with van der Waals surface area (Å²) in [5, 5.41) is 9.29. The molecule has 0 spiro atoms. The van der Waals surface area contributed by atoms with Crippen LogP contribution in [0.4, 0.5) is 0 Å². The molecule has 0 aliphatic carbocycles. The lowest BCUT2D eigenvalue weighted by Gasteiger charge is -1.95. The van der Waals surface area contributed by atoms with E-state index in [-0.39, 0.29) is 6.42 Å². The van der Waals surface area contributed by atoms with Crippen LogP contribution < -0.4 is 0 Å². The number of nitrogens with zero attached hydrogens (tertiary/aromatic N) is 1. The molecule has 2 aromatic rings. The molecule has 2 rings (SSSR count). The molecular weight excluding hydrogens is 242 g/mol. The fourth-order valence-electron chi connectivity index (χ4n) is 1.48. The van der Waals surface area contributed by atoms with Gasteiger partial charge in [0.1, 0.15) is 5.76 Å². The predicted octanol–water partition coefficient (Wildman–Crippen LogP) is 2.93. The van der Waals surface area contributed by atoms with E-state index in [1.165, 1.54) is 0 Å². The molecule has 17 heavy (non-hydrogen) atoms. The standard InChI is InChI=1S/C12H10ClNO3/c1-7-10(6-11(15)16)14-12(17-7)8-3-2-4-9(13)5-8/h2-5H,6H2,1H3,(H,15,16). The Hall–Kier alpha value is -1.81. The number of aromatic nitrogens is 1. The van der Waals surface area contributed by atoms with Crippen LogP contribution in [0.1, 0.15) is 11.5 Å². The molecule has 0 unspecified atom stereocenters. The van der Waals surface area contributed by atoms with E-state index in [0.29, 0.717) is 22.4 Å². The van der Waals surface area contributed by atoms with Gasteiger partial charge in [-0.05, 0) is 25.1 Å². The second-order valence-electron chi connectivity index (χ2n) is 3.60. The second kappa shape index (κ2) is 4.59. The highest BCUT2D eigenvalue weighted by Gasteiger charge is 2.13. The molecule has 0 aliphatic heterocycles. The van der Waals surface area contributed by atoms with E-state index in [0.717, 1.165) is 5.56 Å². The topological polar surface area (TPSA) is 63.3 Å². The van der Waals surface area contributed by atoms with Gasteiger partial charge in [-0.3, -0.25) is 4.79 Å². The van der Waals surface area contributed by atoms with Crippen LogP contribution in [0.15, 0.2) is 28.7 Å². The molecule has 0 atom stereocenters. The zero-order chi connectivity index (χ0) is 12.4. The highest BCUT2D eigenvalue weighted by molar-refractivity contribution is 6.30. The largest absolute Gasteiger partial charge is 0.481 e. The van der Waals surface area contributed by atoms with Crippen LogP contribution in [-0.2, 0) is 11.2 Å². The van der Waals surface area contributed by atoms with Crippen molar-refractivity contribution in [3.05, 3.63) is 40.7 Å². The molecule has 0 radical (unpaired) electrons. The number of oxazole rings is 1. The lowest BCUT2D eigenvalue weighted by Crippen LogP contribution is -2.01. The smallest absolute Gasteiger partial charge is 0.309 e. The summed E-state index contributed by atoms with van der Waals surface area (Å²) in [7, 11) is 0. The molecule has 0 bridgehead atoms. The Morgan fingerprint density at radius 2 is 2.29 bits per heavy atom. The van der Waals surface area contributed by atoms with E-state index in [1.807, 2.05) is 6.07 Å². The van der Waals surface area contributed by atoms with Crippen molar-refractivity contribution in [2.45, 2.75) is 13.3 Å². The summed E-state index contributed by atoms with van der Waals surface area (Å²) in [4.78, 5) is 14.8. The van der Waals surface area contributed by atoms with Gasteiger partial charge in [0.15, 0.2) is 0 Å². The Labute approximate surface area is 103 Å². The molecule has 0 saturated heterocycles. The first-order valence-corrected chi connectivity index (χ1v) is 5.38. The third-order valence-corrected chi connectivity index (χ3v) is 2.52.